The number of benzene rings is 4. The smallest absolute Gasteiger partial charge is 0.261 e. The van der Waals surface area contributed by atoms with Gasteiger partial charge in [0.05, 0.1) is 28.1 Å². The second-order valence-corrected chi connectivity index (χ2v) is 14.9. The van der Waals surface area contributed by atoms with E-state index in [9.17, 15) is 26.4 Å². The van der Waals surface area contributed by atoms with Crippen LogP contribution in [-0.4, -0.2) is 59.4 Å². The fourth-order valence-corrected chi connectivity index (χ4v) is 7.54. The number of fused-ring (bicyclic) bond motifs is 1. The van der Waals surface area contributed by atoms with Crippen LogP contribution in [0.1, 0.15) is 24.0 Å². The van der Waals surface area contributed by atoms with Crippen molar-refractivity contribution in [2.75, 3.05) is 45.6 Å². The maximum absolute atomic E-state index is 13.5. The molecule has 0 aromatic heterocycles. The Morgan fingerprint density at radius 1 is 0.830 bits per heavy atom. The average Bonchev–Trinajstić information content (AvgIpc) is 3.71. The van der Waals surface area contributed by atoms with E-state index >= 15 is 0 Å². The number of carbonyl (C=O) groups excluding carboxylic acids is 2. The van der Waals surface area contributed by atoms with E-state index in [4.69, 9.17) is 0 Å². The zero-order valence-corrected chi connectivity index (χ0v) is 27.1. The normalized spacial score (nSPS) is 15.5. The second kappa shape index (κ2) is 12.9. The summed E-state index contributed by atoms with van der Waals surface area (Å²) in [6.45, 7) is 0.931. The van der Waals surface area contributed by atoms with Crippen molar-refractivity contribution in [2.45, 2.75) is 17.7 Å². The fraction of sp³-hybridized carbons (Fsp3) is 0.176. The van der Waals surface area contributed by atoms with Gasteiger partial charge in [0.2, 0.25) is 15.9 Å². The van der Waals surface area contributed by atoms with Crippen molar-refractivity contribution in [2.24, 2.45) is 0 Å². The summed E-state index contributed by atoms with van der Waals surface area (Å²) in [6, 6.07) is 28.6. The lowest BCUT2D eigenvalue weighted by Crippen LogP contribution is -2.41. The molecule has 2 aliphatic heterocycles. The van der Waals surface area contributed by atoms with Crippen molar-refractivity contribution in [3.05, 3.63) is 114 Å². The molecule has 1 saturated heterocycles. The second-order valence-electron chi connectivity index (χ2n) is 11.3. The monoisotopic (exact) mass is 671 g/mol. The molecular formula is C34H33N5O6S2. The molecule has 11 nitrogen and oxygen atoms in total. The van der Waals surface area contributed by atoms with E-state index in [1.54, 1.807) is 65.6 Å². The van der Waals surface area contributed by atoms with E-state index in [1.165, 1.54) is 12.1 Å². The number of amides is 2. The van der Waals surface area contributed by atoms with E-state index in [0.29, 0.717) is 52.7 Å². The van der Waals surface area contributed by atoms with E-state index in [1.807, 2.05) is 30.3 Å². The minimum absolute atomic E-state index is 0.0183. The quantitative estimate of drug-likeness (QED) is 0.205. The van der Waals surface area contributed by atoms with Crippen LogP contribution >= 0.6 is 0 Å². The van der Waals surface area contributed by atoms with Gasteiger partial charge in [-0.25, -0.2) is 16.8 Å². The fourth-order valence-electron chi connectivity index (χ4n) is 5.61. The first kappa shape index (κ1) is 31.8. The number of hydrogen-bond donors (Lipinski definition) is 3. The molecule has 0 saturated carbocycles. The summed E-state index contributed by atoms with van der Waals surface area (Å²) >= 11 is 0. The van der Waals surface area contributed by atoms with Gasteiger partial charge in [-0.1, -0.05) is 48.5 Å². The number of nitrogens with zero attached hydrogens (tertiary/aromatic N) is 2. The SMILES string of the molecule is CS(=O)(=O)N(CC(=O)N1CCCC1)c1ccc(N/C(=C2\C(=O)Nc3ccc(S(=O)(=O)Nc4ccccc4)cc32)c2ccccc2)cc1. The van der Waals surface area contributed by atoms with Gasteiger partial charge in [-0.15, -0.1) is 0 Å². The third-order valence-corrected chi connectivity index (χ3v) is 10.5. The van der Waals surface area contributed by atoms with Crippen molar-refractivity contribution in [3.8, 4) is 0 Å². The molecule has 0 unspecified atom stereocenters. The Morgan fingerprint density at radius 3 is 2.11 bits per heavy atom. The molecule has 6 rings (SSSR count). The number of anilines is 4. The highest BCUT2D eigenvalue weighted by atomic mass is 32.2. The maximum Gasteiger partial charge on any atom is 0.261 e. The number of sulfonamides is 2. The molecule has 0 aliphatic carbocycles. The minimum Gasteiger partial charge on any atom is -0.354 e. The van der Waals surface area contributed by atoms with E-state index in [-0.39, 0.29) is 22.9 Å². The van der Waals surface area contributed by atoms with Gasteiger partial charge in [0, 0.05) is 35.7 Å². The molecule has 3 N–H and O–H groups in total. The summed E-state index contributed by atoms with van der Waals surface area (Å²) in [4.78, 5) is 27.9. The van der Waals surface area contributed by atoms with Crippen molar-refractivity contribution in [1.29, 1.82) is 0 Å². The summed E-state index contributed by atoms with van der Waals surface area (Å²) in [5, 5.41) is 6.14. The first-order chi connectivity index (χ1) is 22.5. The van der Waals surface area contributed by atoms with Gasteiger partial charge in [-0.05, 0) is 73.0 Å². The summed E-state index contributed by atoms with van der Waals surface area (Å²) in [7, 11) is -7.74. The largest absolute Gasteiger partial charge is 0.354 e. The lowest BCUT2D eigenvalue weighted by molar-refractivity contribution is -0.128. The number of likely N-dealkylation sites (tertiary alicyclic amines) is 1. The third-order valence-electron chi connectivity index (χ3n) is 7.95. The standard InChI is InChI=1S/C34H33N5O6S2/c1-46(42,43)39(23-31(40)38-20-8-9-21-38)27-16-14-25(15-17-27)35-33(24-10-4-2-5-11-24)32-29-22-28(18-19-30(29)36-34(32)41)47(44,45)37-26-12-6-3-7-13-26/h2-7,10-19,22,35,37H,8-9,20-21,23H2,1H3,(H,36,41)/b33-32-. The molecule has 1 fully saturated rings. The molecule has 0 radical (unpaired) electrons. The van der Waals surface area contributed by atoms with Crippen LogP contribution in [0.5, 0.6) is 0 Å². The summed E-state index contributed by atoms with van der Waals surface area (Å²) in [5.74, 6) is -0.672. The third kappa shape index (κ3) is 7.00. The number of nitrogens with one attached hydrogen (secondary N) is 3. The van der Waals surface area contributed by atoms with Crippen LogP contribution in [0.15, 0.2) is 108 Å². The van der Waals surface area contributed by atoms with Gasteiger partial charge < -0.3 is 15.5 Å². The molecule has 0 bridgehead atoms. The Balaban J connectivity index is 1.35. The van der Waals surface area contributed by atoms with E-state index in [2.05, 4.69) is 15.4 Å². The maximum atomic E-state index is 13.5. The van der Waals surface area contributed by atoms with Crippen LogP contribution in [0.25, 0.3) is 11.3 Å². The summed E-state index contributed by atoms with van der Waals surface area (Å²) < 4.78 is 55.7. The number of hydrogen-bond acceptors (Lipinski definition) is 7. The van der Waals surface area contributed by atoms with Gasteiger partial charge in [0.1, 0.15) is 6.54 Å². The van der Waals surface area contributed by atoms with Gasteiger partial charge in [-0.2, -0.15) is 0 Å². The summed E-state index contributed by atoms with van der Waals surface area (Å²) in [6.07, 6.45) is 2.86. The van der Waals surface area contributed by atoms with Gasteiger partial charge in [-0.3, -0.25) is 18.6 Å². The lowest BCUT2D eigenvalue weighted by atomic mass is 10.00. The highest BCUT2D eigenvalue weighted by Crippen LogP contribution is 2.39. The topological polar surface area (TPSA) is 145 Å². The zero-order valence-electron chi connectivity index (χ0n) is 25.5. The van der Waals surface area contributed by atoms with Crippen LogP contribution in [0, 0.1) is 0 Å². The average molecular weight is 672 g/mol. The molecule has 2 heterocycles. The van der Waals surface area contributed by atoms with Gasteiger partial charge >= 0.3 is 0 Å². The predicted octanol–water partition coefficient (Wildman–Crippen LogP) is 4.81. The molecule has 0 spiro atoms. The minimum atomic E-state index is -3.98. The van der Waals surface area contributed by atoms with Crippen molar-refractivity contribution in [3.63, 3.8) is 0 Å². The Hall–Kier alpha value is -5.14. The van der Waals surface area contributed by atoms with Crippen LogP contribution < -0.4 is 19.7 Å². The van der Waals surface area contributed by atoms with Crippen molar-refractivity contribution in [1.82, 2.24) is 4.90 Å². The molecule has 2 amide bonds. The van der Waals surface area contributed by atoms with E-state index in [0.717, 1.165) is 23.4 Å². The van der Waals surface area contributed by atoms with Crippen LogP contribution in [0.4, 0.5) is 22.7 Å². The van der Waals surface area contributed by atoms with Crippen LogP contribution in [0.2, 0.25) is 0 Å². The molecular weight excluding hydrogens is 639 g/mol. The highest BCUT2D eigenvalue weighted by Gasteiger charge is 2.31. The molecule has 2 aliphatic rings. The molecule has 4 aromatic carbocycles. The van der Waals surface area contributed by atoms with Crippen molar-refractivity contribution >= 4 is 65.9 Å². The van der Waals surface area contributed by atoms with Gasteiger partial charge in [0.15, 0.2) is 0 Å². The Bertz CT molecular complexity index is 2060. The molecule has 4 aromatic rings. The first-order valence-corrected chi connectivity index (χ1v) is 18.3. The number of rotatable bonds is 10. The van der Waals surface area contributed by atoms with Gasteiger partial charge in [0.25, 0.3) is 15.9 Å². The Morgan fingerprint density at radius 2 is 1.47 bits per heavy atom. The zero-order chi connectivity index (χ0) is 33.2. The molecule has 242 valence electrons. The van der Waals surface area contributed by atoms with Crippen LogP contribution in [-0.2, 0) is 29.6 Å². The Kier molecular flexibility index (Phi) is 8.76. The van der Waals surface area contributed by atoms with Crippen molar-refractivity contribution < 1.29 is 26.4 Å². The first-order valence-electron chi connectivity index (χ1n) is 15.0. The molecule has 47 heavy (non-hydrogen) atoms. The highest BCUT2D eigenvalue weighted by molar-refractivity contribution is 7.92. The lowest BCUT2D eigenvalue weighted by Gasteiger charge is -2.25. The molecule has 0 atom stereocenters. The number of para-hydroxylation sites is 1. The molecule has 13 heteroatoms. The summed E-state index contributed by atoms with van der Waals surface area (Å²) in [5.41, 5.74) is 3.45. The van der Waals surface area contributed by atoms with E-state index < -0.39 is 26.0 Å². The Labute approximate surface area is 274 Å². The predicted molar refractivity (Wildman–Crippen MR) is 184 cm³/mol. The van der Waals surface area contributed by atoms with Crippen LogP contribution in [0.3, 0.4) is 0 Å². The number of carbonyl (C=O) groups is 2.